The molecule has 1 atom stereocenters. The Kier molecular flexibility index (Phi) is 5.99. The molecule has 1 aliphatic heterocycles. The summed E-state index contributed by atoms with van der Waals surface area (Å²) in [5.74, 6) is 0.0597. The van der Waals surface area contributed by atoms with Crippen molar-refractivity contribution in [3.63, 3.8) is 0 Å². The van der Waals surface area contributed by atoms with Crippen LogP contribution in [0.5, 0.6) is 0 Å². The first-order chi connectivity index (χ1) is 12.0. The van der Waals surface area contributed by atoms with Crippen molar-refractivity contribution in [2.45, 2.75) is 20.0 Å². The summed E-state index contributed by atoms with van der Waals surface area (Å²) in [5.41, 5.74) is 1.20. The molecule has 0 N–H and O–H groups in total. The summed E-state index contributed by atoms with van der Waals surface area (Å²) >= 11 is 11.9. The number of amides is 1. The van der Waals surface area contributed by atoms with Gasteiger partial charge in [-0.25, -0.2) is 0 Å². The third kappa shape index (κ3) is 4.97. The molecule has 5 nitrogen and oxygen atoms in total. The Morgan fingerprint density at radius 3 is 2.60 bits per heavy atom. The van der Waals surface area contributed by atoms with Crippen molar-refractivity contribution in [1.82, 2.24) is 19.6 Å². The van der Waals surface area contributed by atoms with Crippen molar-refractivity contribution in [2.75, 3.05) is 26.2 Å². The molecule has 1 aliphatic rings. The fraction of sp³-hybridized carbons (Fsp3) is 0.444. The largest absolute Gasteiger partial charge is 0.340 e. The SMILES string of the molecule is CC(Cn1cc(Cl)cn1)C(=O)N1CCN(Cc2cccc(Cl)c2)CC1. The standard InChI is InChI=1S/C18H22Cl2N4O/c1-14(11-24-13-17(20)10-21-24)18(25)23-7-5-22(6-8-23)12-15-3-2-4-16(19)9-15/h2-4,9-10,13-14H,5-8,11-12H2,1H3. The van der Waals surface area contributed by atoms with Crippen molar-refractivity contribution in [3.05, 3.63) is 52.3 Å². The van der Waals surface area contributed by atoms with Gasteiger partial charge >= 0.3 is 0 Å². The van der Waals surface area contributed by atoms with E-state index in [0.717, 1.165) is 37.7 Å². The van der Waals surface area contributed by atoms with Crippen LogP contribution in [0.25, 0.3) is 0 Å². The maximum absolute atomic E-state index is 12.6. The van der Waals surface area contributed by atoms with E-state index in [4.69, 9.17) is 23.2 Å². The lowest BCUT2D eigenvalue weighted by Crippen LogP contribution is -2.50. The van der Waals surface area contributed by atoms with Gasteiger partial charge in [-0.3, -0.25) is 14.4 Å². The van der Waals surface area contributed by atoms with Crippen LogP contribution in [0.15, 0.2) is 36.7 Å². The van der Waals surface area contributed by atoms with Gasteiger partial charge in [0.15, 0.2) is 0 Å². The Balaban J connectivity index is 1.48. The summed E-state index contributed by atoms with van der Waals surface area (Å²) in [5, 5.41) is 5.50. The Morgan fingerprint density at radius 1 is 1.20 bits per heavy atom. The van der Waals surface area contributed by atoms with E-state index in [9.17, 15) is 4.79 Å². The quantitative estimate of drug-likeness (QED) is 0.799. The van der Waals surface area contributed by atoms with Crippen LogP contribution in [-0.2, 0) is 17.9 Å². The number of halogens is 2. The molecule has 1 fully saturated rings. The van der Waals surface area contributed by atoms with Crippen molar-refractivity contribution >= 4 is 29.1 Å². The van der Waals surface area contributed by atoms with Gasteiger partial charge in [0.05, 0.1) is 23.7 Å². The summed E-state index contributed by atoms with van der Waals surface area (Å²) < 4.78 is 1.72. The fourth-order valence-electron chi connectivity index (χ4n) is 3.13. The minimum atomic E-state index is -0.115. The maximum atomic E-state index is 12.6. The molecule has 7 heteroatoms. The van der Waals surface area contributed by atoms with Crippen LogP contribution in [0.1, 0.15) is 12.5 Å². The lowest BCUT2D eigenvalue weighted by atomic mass is 10.1. The Hall–Kier alpha value is -1.56. The monoisotopic (exact) mass is 380 g/mol. The molecule has 2 heterocycles. The fourth-order valence-corrected chi connectivity index (χ4v) is 3.50. The molecule has 0 bridgehead atoms. The number of carbonyl (C=O) groups is 1. The molecule has 0 aliphatic carbocycles. The first-order valence-corrected chi connectivity index (χ1v) is 9.20. The van der Waals surface area contributed by atoms with Crippen molar-refractivity contribution in [3.8, 4) is 0 Å². The van der Waals surface area contributed by atoms with E-state index in [-0.39, 0.29) is 11.8 Å². The number of benzene rings is 1. The second-order valence-corrected chi connectivity index (χ2v) is 7.39. The molecule has 1 saturated heterocycles. The van der Waals surface area contributed by atoms with Crippen LogP contribution in [0.3, 0.4) is 0 Å². The zero-order chi connectivity index (χ0) is 17.8. The highest BCUT2D eigenvalue weighted by molar-refractivity contribution is 6.30. The lowest BCUT2D eigenvalue weighted by Gasteiger charge is -2.36. The van der Waals surface area contributed by atoms with E-state index in [1.807, 2.05) is 30.0 Å². The first kappa shape index (κ1) is 18.2. The lowest BCUT2D eigenvalue weighted by molar-refractivity contribution is -0.137. The molecule has 0 saturated carbocycles. The van der Waals surface area contributed by atoms with Gasteiger partial charge in [0.1, 0.15) is 0 Å². The third-order valence-electron chi connectivity index (χ3n) is 4.46. The van der Waals surface area contributed by atoms with Crippen LogP contribution in [0.4, 0.5) is 0 Å². The second kappa shape index (κ2) is 8.21. The highest BCUT2D eigenvalue weighted by atomic mass is 35.5. The van der Waals surface area contributed by atoms with E-state index in [1.54, 1.807) is 17.1 Å². The van der Waals surface area contributed by atoms with Gasteiger partial charge in [0.2, 0.25) is 5.91 Å². The molecular weight excluding hydrogens is 359 g/mol. The molecule has 0 spiro atoms. The molecule has 1 unspecified atom stereocenters. The number of piperazine rings is 1. The average Bonchev–Trinajstić information content (AvgIpc) is 3.00. The zero-order valence-electron chi connectivity index (χ0n) is 14.2. The van der Waals surface area contributed by atoms with Crippen LogP contribution in [0, 0.1) is 5.92 Å². The Morgan fingerprint density at radius 2 is 1.96 bits per heavy atom. The van der Waals surface area contributed by atoms with Gasteiger partial charge in [-0.15, -0.1) is 0 Å². The summed E-state index contributed by atoms with van der Waals surface area (Å²) in [6.45, 7) is 6.61. The molecule has 134 valence electrons. The number of rotatable bonds is 5. The summed E-state index contributed by atoms with van der Waals surface area (Å²) in [6, 6.07) is 7.94. The first-order valence-electron chi connectivity index (χ1n) is 8.45. The van der Waals surface area contributed by atoms with E-state index in [2.05, 4.69) is 16.1 Å². The average molecular weight is 381 g/mol. The molecular formula is C18H22Cl2N4O. The van der Waals surface area contributed by atoms with Gasteiger partial charge in [0.25, 0.3) is 0 Å². The predicted octanol–water partition coefficient (Wildman–Crippen LogP) is 3.17. The van der Waals surface area contributed by atoms with E-state index < -0.39 is 0 Å². The Labute approximate surface area is 158 Å². The van der Waals surface area contributed by atoms with Crippen molar-refractivity contribution in [2.24, 2.45) is 5.92 Å². The maximum Gasteiger partial charge on any atom is 0.227 e. The van der Waals surface area contributed by atoms with E-state index >= 15 is 0 Å². The van der Waals surface area contributed by atoms with Gasteiger partial charge in [-0.1, -0.05) is 42.3 Å². The number of hydrogen-bond donors (Lipinski definition) is 0. The van der Waals surface area contributed by atoms with Crippen LogP contribution >= 0.6 is 23.2 Å². The van der Waals surface area contributed by atoms with Gasteiger partial charge < -0.3 is 4.90 Å². The van der Waals surface area contributed by atoms with Crippen LogP contribution in [-0.4, -0.2) is 51.7 Å². The molecule has 1 amide bonds. The van der Waals surface area contributed by atoms with Gasteiger partial charge in [-0.05, 0) is 17.7 Å². The topological polar surface area (TPSA) is 41.4 Å². The minimum Gasteiger partial charge on any atom is -0.340 e. The molecule has 1 aromatic carbocycles. The van der Waals surface area contributed by atoms with E-state index in [0.29, 0.717) is 11.6 Å². The minimum absolute atomic E-state index is 0.115. The highest BCUT2D eigenvalue weighted by Gasteiger charge is 2.25. The number of carbonyl (C=O) groups excluding carboxylic acids is 1. The van der Waals surface area contributed by atoms with Crippen molar-refractivity contribution in [1.29, 1.82) is 0 Å². The predicted molar refractivity (Wildman–Crippen MR) is 99.7 cm³/mol. The van der Waals surface area contributed by atoms with Crippen LogP contribution < -0.4 is 0 Å². The number of nitrogens with zero attached hydrogens (tertiary/aromatic N) is 4. The van der Waals surface area contributed by atoms with Gasteiger partial charge in [0, 0.05) is 43.9 Å². The van der Waals surface area contributed by atoms with Gasteiger partial charge in [-0.2, -0.15) is 5.10 Å². The molecule has 25 heavy (non-hydrogen) atoms. The summed E-state index contributed by atoms with van der Waals surface area (Å²) in [4.78, 5) is 16.9. The van der Waals surface area contributed by atoms with E-state index in [1.165, 1.54) is 5.56 Å². The van der Waals surface area contributed by atoms with Crippen LogP contribution in [0.2, 0.25) is 10.0 Å². The molecule has 0 radical (unpaired) electrons. The zero-order valence-corrected chi connectivity index (χ0v) is 15.7. The summed E-state index contributed by atoms with van der Waals surface area (Å²) in [6.07, 6.45) is 3.33. The normalized spacial score (nSPS) is 16.8. The molecule has 1 aromatic heterocycles. The highest BCUT2D eigenvalue weighted by Crippen LogP contribution is 2.15. The Bertz CT molecular complexity index is 725. The smallest absolute Gasteiger partial charge is 0.227 e. The number of aromatic nitrogens is 2. The van der Waals surface area contributed by atoms with Crippen molar-refractivity contribution < 1.29 is 4.79 Å². The molecule has 2 aromatic rings. The number of hydrogen-bond acceptors (Lipinski definition) is 3. The second-order valence-electron chi connectivity index (χ2n) is 6.51. The molecule has 3 rings (SSSR count). The third-order valence-corrected chi connectivity index (χ3v) is 4.89. The summed E-state index contributed by atoms with van der Waals surface area (Å²) in [7, 11) is 0.